The second-order valence-corrected chi connectivity index (χ2v) is 8.54. The summed E-state index contributed by atoms with van der Waals surface area (Å²) in [4.78, 5) is 18.7. The summed E-state index contributed by atoms with van der Waals surface area (Å²) in [5.41, 5.74) is 0.757. The maximum absolute atomic E-state index is 12.6. The van der Waals surface area contributed by atoms with Crippen molar-refractivity contribution in [1.29, 1.82) is 0 Å². The minimum atomic E-state index is -0.512. The Morgan fingerprint density at radius 2 is 1.90 bits per heavy atom. The Morgan fingerprint density at radius 3 is 2.60 bits per heavy atom. The second kappa shape index (κ2) is 9.83. The number of hydrogen-bond acceptors (Lipinski definition) is 5. The molecule has 0 aliphatic carbocycles. The van der Waals surface area contributed by atoms with Crippen LogP contribution in [0.25, 0.3) is 0 Å². The number of aromatic nitrogens is 1. The van der Waals surface area contributed by atoms with Gasteiger partial charge in [-0.1, -0.05) is 30.3 Å². The summed E-state index contributed by atoms with van der Waals surface area (Å²) in [7, 11) is 0. The molecule has 30 heavy (non-hydrogen) atoms. The van der Waals surface area contributed by atoms with Gasteiger partial charge in [0.1, 0.15) is 5.60 Å². The molecule has 1 amide bonds. The Morgan fingerprint density at radius 1 is 1.13 bits per heavy atom. The second-order valence-electron chi connectivity index (χ2n) is 8.54. The minimum Gasteiger partial charge on any atom is -0.488 e. The van der Waals surface area contributed by atoms with Crippen molar-refractivity contribution >= 4 is 6.09 Å². The molecule has 3 rings (SSSR count). The monoisotopic (exact) mass is 412 g/mol. The predicted octanol–water partition coefficient (Wildman–Crippen LogP) is 4.90. The zero-order valence-corrected chi connectivity index (χ0v) is 18.3. The highest BCUT2D eigenvalue weighted by Gasteiger charge is 2.35. The van der Waals surface area contributed by atoms with Gasteiger partial charge in [-0.3, -0.25) is 0 Å². The highest BCUT2D eigenvalue weighted by Crippen LogP contribution is 2.35. The zero-order chi connectivity index (χ0) is 21.6. The lowest BCUT2D eigenvalue weighted by Crippen LogP contribution is -2.46. The maximum atomic E-state index is 12.6. The Hall–Kier alpha value is -2.76. The Labute approximate surface area is 179 Å². The smallest absolute Gasteiger partial charge is 0.410 e. The lowest BCUT2D eigenvalue weighted by Gasteiger charge is -2.39. The van der Waals surface area contributed by atoms with Crippen LogP contribution in [0.4, 0.5) is 4.79 Å². The Kier molecular flexibility index (Phi) is 7.19. The molecule has 1 aliphatic heterocycles. The minimum absolute atomic E-state index is 0.128. The Bertz CT molecular complexity index is 819. The van der Waals surface area contributed by atoms with Gasteiger partial charge >= 0.3 is 6.09 Å². The molecule has 0 bridgehead atoms. The first-order valence-electron chi connectivity index (χ1n) is 10.6. The van der Waals surface area contributed by atoms with Crippen molar-refractivity contribution in [2.75, 3.05) is 26.3 Å². The van der Waals surface area contributed by atoms with Crippen LogP contribution < -0.4 is 9.47 Å². The van der Waals surface area contributed by atoms with Crippen LogP contribution in [0, 0.1) is 5.92 Å². The number of carbonyl (C=O) groups is 1. The van der Waals surface area contributed by atoms with Crippen molar-refractivity contribution in [2.24, 2.45) is 5.92 Å². The standard InChI is InChI=1S/C24H32N2O4/c1-5-28-22-21(12-9-14-25-22)29-17-19-16-26(23(27)30-24(2,3)4)15-13-20(19)18-10-7-6-8-11-18/h6-12,14,19-20H,5,13,15-17H2,1-4H3/t19-,20-/m0/s1. The van der Waals surface area contributed by atoms with E-state index < -0.39 is 5.60 Å². The van der Waals surface area contributed by atoms with Crippen LogP contribution in [-0.4, -0.2) is 47.9 Å². The van der Waals surface area contributed by atoms with Crippen molar-refractivity contribution in [3.8, 4) is 11.6 Å². The molecule has 0 N–H and O–H groups in total. The molecule has 1 saturated heterocycles. The first-order chi connectivity index (χ1) is 14.4. The van der Waals surface area contributed by atoms with E-state index in [1.807, 2.05) is 45.9 Å². The number of amides is 1. The van der Waals surface area contributed by atoms with E-state index in [0.717, 1.165) is 6.42 Å². The van der Waals surface area contributed by atoms with Gasteiger partial charge in [0.25, 0.3) is 5.88 Å². The molecular weight excluding hydrogens is 380 g/mol. The van der Waals surface area contributed by atoms with E-state index in [1.165, 1.54) is 5.56 Å². The van der Waals surface area contributed by atoms with Gasteiger partial charge in [0.2, 0.25) is 0 Å². The lowest BCUT2D eigenvalue weighted by atomic mass is 9.81. The fraction of sp³-hybridized carbons (Fsp3) is 0.500. The van der Waals surface area contributed by atoms with E-state index in [0.29, 0.717) is 43.9 Å². The molecule has 2 atom stereocenters. The van der Waals surface area contributed by atoms with E-state index in [-0.39, 0.29) is 12.0 Å². The largest absolute Gasteiger partial charge is 0.488 e. The SMILES string of the molecule is CCOc1ncccc1OC[C@@H]1CN(C(=O)OC(C)(C)C)CC[C@H]1c1ccccc1. The van der Waals surface area contributed by atoms with Gasteiger partial charge in [-0.25, -0.2) is 9.78 Å². The number of nitrogens with zero attached hydrogens (tertiary/aromatic N) is 2. The van der Waals surface area contributed by atoms with Crippen molar-refractivity contribution in [1.82, 2.24) is 9.88 Å². The van der Waals surface area contributed by atoms with Crippen molar-refractivity contribution in [3.63, 3.8) is 0 Å². The van der Waals surface area contributed by atoms with Crippen molar-refractivity contribution in [2.45, 2.75) is 45.6 Å². The summed E-state index contributed by atoms with van der Waals surface area (Å²) >= 11 is 0. The van der Waals surface area contributed by atoms with Crippen LogP contribution in [0.3, 0.4) is 0 Å². The van der Waals surface area contributed by atoms with Crippen LogP contribution in [0.1, 0.15) is 45.6 Å². The number of rotatable bonds is 6. The molecule has 162 valence electrons. The molecule has 0 spiro atoms. The van der Waals surface area contributed by atoms with E-state index in [1.54, 1.807) is 11.1 Å². The molecule has 1 aromatic heterocycles. The molecule has 1 aliphatic rings. The third-order valence-corrected chi connectivity index (χ3v) is 5.08. The lowest BCUT2D eigenvalue weighted by molar-refractivity contribution is 0.0110. The molecule has 1 aromatic carbocycles. The van der Waals surface area contributed by atoms with Gasteiger partial charge in [-0.05, 0) is 57.7 Å². The topological polar surface area (TPSA) is 60.9 Å². The van der Waals surface area contributed by atoms with Crippen molar-refractivity contribution in [3.05, 3.63) is 54.2 Å². The van der Waals surface area contributed by atoms with Gasteiger partial charge in [0.05, 0.1) is 13.2 Å². The number of ether oxygens (including phenoxy) is 3. The molecule has 6 nitrogen and oxygen atoms in total. The third-order valence-electron chi connectivity index (χ3n) is 5.08. The molecule has 0 unspecified atom stereocenters. The van der Waals surface area contributed by atoms with Crippen LogP contribution in [0.5, 0.6) is 11.6 Å². The summed E-state index contributed by atoms with van der Waals surface area (Å²) < 4.78 is 17.3. The number of hydrogen-bond donors (Lipinski definition) is 0. The number of likely N-dealkylation sites (tertiary alicyclic amines) is 1. The van der Waals surface area contributed by atoms with Crippen LogP contribution in [0.15, 0.2) is 48.7 Å². The van der Waals surface area contributed by atoms with Gasteiger partial charge in [-0.15, -0.1) is 0 Å². The predicted molar refractivity (Wildman–Crippen MR) is 116 cm³/mol. The van der Waals surface area contributed by atoms with E-state index in [4.69, 9.17) is 14.2 Å². The van der Waals surface area contributed by atoms with Crippen molar-refractivity contribution < 1.29 is 19.0 Å². The first kappa shape index (κ1) is 21.9. The summed E-state index contributed by atoms with van der Waals surface area (Å²) in [6.07, 6.45) is 2.29. The molecule has 6 heteroatoms. The average Bonchev–Trinajstić information content (AvgIpc) is 2.72. The highest BCUT2D eigenvalue weighted by molar-refractivity contribution is 5.68. The third kappa shape index (κ3) is 5.88. The quantitative estimate of drug-likeness (QED) is 0.675. The summed E-state index contributed by atoms with van der Waals surface area (Å²) in [5, 5.41) is 0. The van der Waals surface area contributed by atoms with Gasteiger partial charge in [0.15, 0.2) is 5.75 Å². The summed E-state index contributed by atoms with van der Waals surface area (Å²) in [5.74, 6) is 1.55. The van der Waals surface area contributed by atoms with Crippen LogP contribution >= 0.6 is 0 Å². The average molecular weight is 413 g/mol. The number of benzene rings is 1. The van der Waals surface area contributed by atoms with E-state index in [9.17, 15) is 4.79 Å². The highest BCUT2D eigenvalue weighted by atomic mass is 16.6. The van der Waals surface area contributed by atoms with Crippen LogP contribution in [-0.2, 0) is 4.74 Å². The normalized spacial score (nSPS) is 19.3. The number of piperidine rings is 1. The maximum Gasteiger partial charge on any atom is 0.410 e. The fourth-order valence-corrected chi connectivity index (χ4v) is 3.76. The van der Waals surface area contributed by atoms with E-state index in [2.05, 4.69) is 29.2 Å². The molecule has 2 aromatic rings. The fourth-order valence-electron chi connectivity index (χ4n) is 3.76. The number of carbonyl (C=O) groups excluding carboxylic acids is 1. The Balaban J connectivity index is 1.75. The first-order valence-corrected chi connectivity index (χ1v) is 10.6. The molecule has 0 radical (unpaired) electrons. The number of pyridine rings is 1. The molecule has 2 heterocycles. The molecule has 0 saturated carbocycles. The van der Waals surface area contributed by atoms with E-state index >= 15 is 0 Å². The summed E-state index contributed by atoms with van der Waals surface area (Å²) in [6, 6.07) is 14.1. The summed E-state index contributed by atoms with van der Waals surface area (Å²) in [6.45, 7) is 9.82. The zero-order valence-electron chi connectivity index (χ0n) is 18.3. The molecule has 1 fully saturated rings. The van der Waals surface area contributed by atoms with Gasteiger partial charge in [-0.2, -0.15) is 0 Å². The van der Waals surface area contributed by atoms with Gasteiger partial charge in [0, 0.05) is 25.2 Å². The van der Waals surface area contributed by atoms with Crippen LogP contribution in [0.2, 0.25) is 0 Å². The van der Waals surface area contributed by atoms with Gasteiger partial charge < -0.3 is 19.1 Å². The molecular formula is C24H32N2O4.